The van der Waals surface area contributed by atoms with Gasteiger partial charge in [-0.1, -0.05) is 5.16 Å². The smallest absolute Gasteiger partial charge is 0.312 e. The van der Waals surface area contributed by atoms with Crippen molar-refractivity contribution in [2.24, 2.45) is 0 Å². The van der Waals surface area contributed by atoms with Crippen LogP contribution in [0, 0.1) is 24.0 Å². The van der Waals surface area contributed by atoms with Crippen LogP contribution in [0.1, 0.15) is 30.2 Å². The molecule has 0 saturated heterocycles. The van der Waals surface area contributed by atoms with Gasteiger partial charge in [-0.2, -0.15) is 10.1 Å². The molecule has 3 aromatic heterocycles. The lowest BCUT2D eigenvalue weighted by Gasteiger charge is -2.08. The molecule has 3 rings (SSSR count). The fourth-order valence-electron chi connectivity index (χ4n) is 2.42. The Morgan fingerprint density at radius 3 is 2.61 bits per heavy atom. The van der Waals surface area contributed by atoms with Crippen molar-refractivity contribution < 1.29 is 9.45 Å². The fourth-order valence-corrected chi connectivity index (χ4v) is 2.42. The minimum Gasteiger partial charge on any atom is -0.337 e. The molecule has 3 heterocycles. The number of nitro groups is 1. The van der Waals surface area contributed by atoms with Crippen molar-refractivity contribution in [3.05, 3.63) is 51.9 Å². The third-order valence-electron chi connectivity index (χ3n) is 3.57. The van der Waals surface area contributed by atoms with Crippen LogP contribution in [-0.4, -0.2) is 29.8 Å². The average molecular weight is 314 g/mol. The van der Waals surface area contributed by atoms with Crippen molar-refractivity contribution in [3.63, 3.8) is 0 Å². The molecule has 0 amide bonds. The summed E-state index contributed by atoms with van der Waals surface area (Å²) in [4.78, 5) is 18.9. The Morgan fingerprint density at radius 1 is 1.30 bits per heavy atom. The van der Waals surface area contributed by atoms with Crippen LogP contribution in [0.4, 0.5) is 5.69 Å². The number of aryl methyl sites for hydroxylation is 1. The summed E-state index contributed by atoms with van der Waals surface area (Å²) in [5.74, 6) is 0.766. The first-order valence-corrected chi connectivity index (χ1v) is 6.93. The summed E-state index contributed by atoms with van der Waals surface area (Å²) in [7, 11) is 0. The number of aromatic nitrogens is 5. The maximum Gasteiger partial charge on any atom is 0.312 e. The van der Waals surface area contributed by atoms with Gasteiger partial charge in [-0.15, -0.1) is 0 Å². The topological polar surface area (TPSA) is 113 Å². The summed E-state index contributed by atoms with van der Waals surface area (Å²) < 4.78 is 6.81. The van der Waals surface area contributed by atoms with Crippen LogP contribution in [0.15, 0.2) is 29.0 Å². The largest absolute Gasteiger partial charge is 0.337 e. The highest BCUT2D eigenvalue weighted by Gasteiger charge is 2.27. The predicted molar refractivity (Wildman–Crippen MR) is 79.7 cm³/mol. The number of hydrogen-bond donors (Lipinski definition) is 0. The maximum atomic E-state index is 11.1. The van der Waals surface area contributed by atoms with Crippen LogP contribution >= 0.6 is 0 Å². The molecule has 0 spiro atoms. The van der Waals surface area contributed by atoms with Crippen LogP contribution in [0.5, 0.6) is 0 Å². The number of pyridine rings is 1. The van der Waals surface area contributed by atoms with E-state index in [9.17, 15) is 10.1 Å². The molecule has 0 aromatic carbocycles. The van der Waals surface area contributed by atoms with E-state index in [4.69, 9.17) is 4.52 Å². The molecule has 1 atom stereocenters. The summed E-state index contributed by atoms with van der Waals surface area (Å²) in [5.41, 5.74) is 1.59. The Kier molecular flexibility index (Phi) is 3.61. The van der Waals surface area contributed by atoms with Crippen molar-refractivity contribution in [2.45, 2.75) is 26.8 Å². The molecule has 118 valence electrons. The Hall–Kier alpha value is -3.10. The molecule has 0 fully saturated rings. The molecule has 0 saturated carbocycles. The van der Waals surface area contributed by atoms with Gasteiger partial charge in [0.1, 0.15) is 17.4 Å². The minimum absolute atomic E-state index is 0.00530. The maximum absolute atomic E-state index is 11.1. The zero-order valence-electron chi connectivity index (χ0n) is 12.8. The molecule has 0 aliphatic carbocycles. The molecule has 9 nitrogen and oxygen atoms in total. The summed E-state index contributed by atoms with van der Waals surface area (Å²) in [6.07, 6.45) is 3.28. The summed E-state index contributed by atoms with van der Waals surface area (Å²) in [6, 6.07) is 3.13. The van der Waals surface area contributed by atoms with E-state index in [-0.39, 0.29) is 5.69 Å². The summed E-state index contributed by atoms with van der Waals surface area (Å²) >= 11 is 0. The highest BCUT2D eigenvalue weighted by Crippen LogP contribution is 2.27. The van der Waals surface area contributed by atoms with E-state index in [2.05, 4.69) is 20.2 Å². The van der Waals surface area contributed by atoms with E-state index in [0.29, 0.717) is 23.1 Å². The second kappa shape index (κ2) is 5.59. The standard InChI is InChI=1S/C14H14N6O3/c1-8-12(20(21)22)9(2)19(17-8)10(3)14-16-13(18-23-14)11-4-6-15-7-5-11/h4-7,10H,1-3H3/t10-/m1/s1. The van der Waals surface area contributed by atoms with E-state index in [0.717, 1.165) is 5.56 Å². The normalized spacial score (nSPS) is 12.3. The molecular formula is C14H14N6O3. The molecule has 0 bridgehead atoms. The molecule has 23 heavy (non-hydrogen) atoms. The molecule has 0 unspecified atom stereocenters. The molecule has 0 aliphatic rings. The van der Waals surface area contributed by atoms with Crippen LogP contribution in [0.2, 0.25) is 0 Å². The molecule has 0 radical (unpaired) electrons. The number of hydrogen-bond acceptors (Lipinski definition) is 7. The lowest BCUT2D eigenvalue weighted by molar-refractivity contribution is -0.386. The first kappa shape index (κ1) is 14.8. The van der Waals surface area contributed by atoms with Gasteiger partial charge in [-0.3, -0.25) is 19.8 Å². The second-order valence-electron chi connectivity index (χ2n) is 5.09. The van der Waals surface area contributed by atoms with E-state index in [1.807, 2.05) is 0 Å². The van der Waals surface area contributed by atoms with Crippen molar-refractivity contribution in [2.75, 3.05) is 0 Å². The van der Waals surface area contributed by atoms with Crippen LogP contribution in [-0.2, 0) is 0 Å². The van der Waals surface area contributed by atoms with Gasteiger partial charge in [0, 0.05) is 18.0 Å². The highest BCUT2D eigenvalue weighted by atomic mass is 16.6. The first-order valence-electron chi connectivity index (χ1n) is 6.93. The predicted octanol–water partition coefficient (Wildman–Crippen LogP) is 2.46. The number of nitrogens with zero attached hydrogens (tertiary/aromatic N) is 6. The number of rotatable bonds is 4. The van der Waals surface area contributed by atoms with Crippen LogP contribution in [0.3, 0.4) is 0 Å². The van der Waals surface area contributed by atoms with Crippen molar-refractivity contribution in [3.8, 4) is 11.4 Å². The van der Waals surface area contributed by atoms with Crippen molar-refractivity contribution in [1.29, 1.82) is 0 Å². The lowest BCUT2D eigenvalue weighted by atomic mass is 10.2. The van der Waals surface area contributed by atoms with Gasteiger partial charge in [0.05, 0.1) is 4.92 Å². The third-order valence-corrected chi connectivity index (χ3v) is 3.57. The first-order chi connectivity index (χ1) is 11.0. The third kappa shape index (κ3) is 2.56. The fraction of sp³-hybridized carbons (Fsp3) is 0.286. The van der Waals surface area contributed by atoms with Gasteiger partial charge in [-0.25, -0.2) is 0 Å². The Morgan fingerprint density at radius 2 is 2.00 bits per heavy atom. The Balaban J connectivity index is 1.96. The van der Waals surface area contributed by atoms with E-state index in [1.165, 1.54) is 4.68 Å². The SMILES string of the molecule is Cc1nn([C@H](C)c2nc(-c3ccncc3)no2)c(C)c1[N+](=O)[O-]. The molecule has 0 N–H and O–H groups in total. The van der Waals surface area contributed by atoms with Gasteiger partial charge in [0.25, 0.3) is 5.89 Å². The van der Waals surface area contributed by atoms with E-state index >= 15 is 0 Å². The summed E-state index contributed by atoms with van der Waals surface area (Å²) in [6.45, 7) is 5.05. The Labute approximate surface area is 131 Å². The van der Waals surface area contributed by atoms with Crippen molar-refractivity contribution in [1.82, 2.24) is 24.9 Å². The van der Waals surface area contributed by atoms with E-state index in [1.54, 1.807) is 45.3 Å². The molecular weight excluding hydrogens is 300 g/mol. The molecule has 0 aliphatic heterocycles. The van der Waals surface area contributed by atoms with Crippen LogP contribution < -0.4 is 0 Å². The Bertz CT molecular complexity index is 855. The zero-order chi connectivity index (χ0) is 16.6. The lowest BCUT2D eigenvalue weighted by Crippen LogP contribution is -2.11. The van der Waals surface area contributed by atoms with Gasteiger partial charge >= 0.3 is 5.69 Å². The van der Waals surface area contributed by atoms with Crippen molar-refractivity contribution >= 4 is 5.69 Å². The summed E-state index contributed by atoms with van der Waals surface area (Å²) in [5, 5.41) is 19.3. The van der Waals surface area contributed by atoms with Gasteiger partial charge < -0.3 is 4.52 Å². The van der Waals surface area contributed by atoms with Gasteiger partial charge in [0.15, 0.2) is 0 Å². The average Bonchev–Trinajstić information content (AvgIpc) is 3.12. The van der Waals surface area contributed by atoms with Crippen LogP contribution in [0.25, 0.3) is 11.4 Å². The highest BCUT2D eigenvalue weighted by molar-refractivity contribution is 5.52. The zero-order valence-corrected chi connectivity index (χ0v) is 12.8. The van der Waals surface area contributed by atoms with Gasteiger partial charge in [-0.05, 0) is 32.9 Å². The molecule has 9 heteroatoms. The van der Waals surface area contributed by atoms with E-state index < -0.39 is 11.0 Å². The second-order valence-corrected chi connectivity index (χ2v) is 5.09. The minimum atomic E-state index is -0.433. The van der Waals surface area contributed by atoms with Gasteiger partial charge in [0.2, 0.25) is 5.82 Å². The molecule has 3 aromatic rings. The quantitative estimate of drug-likeness (QED) is 0.537. The monoisotopic (exact) mass is 314 g/mol.